The van der Waals surface area contributed by atoms with Crippen molar-refractivity contribution in [3.63, 3.8) is 0 Å². The molecule has 168 valence electrons. The number of nitrogens with zero attached hydrogens (tertiary/aromatic N) is 3. The Balaban J connectivity index is 1.43. The van der Waals surface area contributed by atoms with Gasteiger partial charge in [0.1, 0.15) is 0 Å². The fraction of sp³-hybridized carbons (Fsp3) is 0.320. The van der Waals surface area contributed by atoms with Crippen LogP contribution in [0.2, 0.25) is 0 Å². The Labute approximate surface area is 190 Å². The van der Waals surface area contributed by atoms with E-state index >= 15 is 0 Å². The lowest BCUT2D eigenvalue weighted by Gasteiger charge is -2.34. The van der Waals surface area contributed by atoms with Crippen molar-refractivity contribution in [3.8, 4) is 0 Å². The van der Waals surface area contributed by atoms with Gasteiger partial charge >= 0.3 is 0 Å². The second kappa shape index (κ2) is 9.30. The van der Waals surface area contributed by atoms with E-state index in [1.54, 1.807) is 17.0 Å². The molecule has 7 heteroatoms. The molecule has 1 amide bonds. The van der Waals surface area contributed by atoms with Crippen LogP contribution in [0.1, 0.15) is 24.2 Å². The van der Waals surface area contributed by atoms with Crippen molar-refractivity contribution >= 4 is 32.4 Å². The normalized spacial score (nSPS) is 15.1. The quantitative estimate of drug-likeness (QED) is 0.572. The van der Waals surface area contributed by atoms with Crippen LogP contribution in [0.4, 0.5) is 5.69 Å². The standard InChI is InChI=1S/C25H29N3O3S/c1-3-26(4-2)23-12-9-21(10-13-23)25(29)27-15-17-28(18-16-27)32(30,31)24-14-11-20-7-5-6-8-22(20)19-24/h5-14,19H,3-4,15-18H2,1-2H3. The topological polar surface area (TPSA) is 60.9 Å². The number of carbonyl (C=O) groups excluding carboxylic acids is 1. The molecule has 0 aliphatic carbocycles. The Bertz CT molecular complexity index is 1200. The number of piperazine rings is 1. The van der Waals surface area contributed by atoms with Crippen molar-refractivity contribution in [2.75, 3.05) is 44.2 Å². The third kappa shape index (κ3) is 4.36. The molecular weight excluding hydrogens is 422 g/mol. The molecule has 0 atom stereocenters. The minimum atomic E-state index is -3.60. The summed E-state index contributed by atoms with van der Waals surface area (Å²) in [4.78, 5) is 17.2. The predicted molar refractivity (Wildman–Crippen MR) is 129 cm³/mol. The first-order chi connectivity index (χ1) is 15.4. The first kappa shape index (κ1) is 22.3. The van der Waals surface area contributed by atoms with Crippen molar-refractivity contribution in [2.45, 2.75) is 18.7 Å². The van der Waals surface area contributed by atoms with Crippen LogP contribution in [0.25, 0.3) is 10.8 Å². The van der Waals surface area contributed by atoms with Gasteiger partial charge in [-0.05, 0) is 61.0 Å². The summed E-state index contributed by atoms with van der Waals surface area (Å²) in [5, 5.41) is 1.91. The summed E-state index contributed by atoms with van der Waals surface area (Å²) in [6.07, 6.45) is 0. The summed E-state index contributed by atoms with van der Waals surface area (Å²) in [6.45, 7) is 7.38. The zero-order valence-electron chi connectivity index (χ0n) is 18.6. The van der Waals surface area contributed by atoms with Crippen molar-refractivity contribution < 1.29 is 13.2 Å². The van der Waals surface area contributed by atoms with Gasteiger partial charge in [0.15, 0.2) is 0 Å². The van der Waals surface area contributed by atoms with E-state index in [1.807, 2.05) is 54.6 Å². The lowest BCUT2D eigenvalue weighted by atomic mass is 10.1. The average Bonchev–Trinajstić information content (AvgIpc) is 2.84. The number of amides is 1. The Morgan fingerprint density at radius 1 is 0.844 bits per heavy atom. The zero-order chi connectivity index (χ0) is 22.7. The number of carbonyl (C=O) groups is 1. The molecule has 0 aromatic heterocycles. The number of hydrogen-bond acceptors (Lipinski definition) is 4. The molecule has 0 bridgehead atoms. The average molecular weight is 452 g/mol. The fourth-order valence-electron chi connectivity index (χ4n) is 4.19. The number of fused-ring (bicyclic) bond motifs is 1. The summed E-state index contributed by atoms with van der Waals surface area (Å²) in [6, 6.07) is 20.6. The van der Waals surface area contributed by atoms with Gasteiger partial charge in [0, 0.05) is 50.5 Å². The molecule has 32 heavy (non-hydrogen) atoms. The lowest BCUT2D eigenvalue weighted by molar-refractivity contribution is 0.0698. The Morgan fingerprint density at radius 3 is 2.09 bits per heavy atom. The van der Waals surface area contributed by atoms with Crippen LogP contribution < -0.4 is 4.90 Å². The highest BCUT2D eigenvalue weighted by Gasteiger charge is 2.30. The summed E-state index contributed by atoms with van der Waals surface area (Å²) in [5.74, 6) is -0.0566. The first-order valence-electron chi connectivity index (χ1n) is 11.1. The van der Waals surface area contributed by atoms with Crippen LogP contribution in [-0.4, -0.2) is 62.8 Å². The van der Waals surface area contributed by atoms with Gasteiger partial charge in [-0.15, -0.1) is 0 Å². The van der Waals surface area contributed by atoms with Crippen LogP contribution in [0.3, 0.4) is 0 Å². The van der Waals surface area contributed by atoms with E-state index < -0.39 is 10.0 Å². The van der Waals surface area contributed by atoms with E-state index in [9.17, 15) is 13.2 Å². The molecule has 0 saturated carbocycles. The van der Waals surface area contributed by atoms with Gasteiger partial charge in [-0.25, -0.2) is 8.42 Å². The summed E-state index contributed by atoms with van der Waals surface area (Å²) in [5.41, 5.74) is 1.73. The second-order valence-electron chi connectivity index (χ2n) is 7.92. The van der Waals surface area contributed by atoms with Crippen LogP contribution in [-0.2, 0) is 10.0 Å². The van der Waals surface area contributed by atoms with Gasteiger partial charge in [0.2, 0.25) is 10.0 Å². The zero-order valence-corrected chi connectivity index (χ0v) is 19.4. The highest BCUT2D eigenvalue weighted by molar-refractivity contribution is 7.89. The smallest absolute Gasteiger partial charge is 0.253 e. The highest BCUT2D eigenvalue weighted by atomic mass is 32.2. The number of rotatable bonds is 6. The molecule has 0 radical (unpaired) electrons. The van der Waals surface area contributed by atoms with Gasteiger partial charge < -0.3 is 9.80 Å². The predicted octanol–water partition coefficient (Wildman–Crippen LogP) is 3.83. The monoisotopic (exact) mass is 451 g/mol. The summed E-state index contributed by atoms with van der Waals surface area (Å²) in [7, 11) is -3.60. The first-order valence-corrected chi connectivity index (χ1v) is 12.5. The SMILES string of the molecule is CCN(CC)c1ccc(C(=O)N2CCN(S(=O)(=O)c3ccc4ccccc4c3)CC2)cc1. The summed E-state index contributed by atoms with van der Waals surface area (Å²) >= 11 is 0. The maximum Gasteiger partial charge on any atom is 0.253 e. The summed E-state index contributed by atoms with van der Waals surface area (Å²) < 4.78 is 27.8. The number of hydrogen-bond donors (Lipinski definition) is 0. The molecule has 0 unspecified atom stereocenters. The maximum atomic E-state index is 13.2. The molecule has 1 heterocycles. The molecule has 3 aromatic rings. The molecule has 6 nitrogen and oxygen atoms in total. The van der Waals surface area contributed by atoms with E-state index in [-0.39, 0.29) is 5.91 Å². The molecule has 4 rings (SSSR count). The van der Waals surface area contributed by atoms with Crippen molar-refractivity contribution in [2.24, 2.45) is 0 Å². The Kier molecular flexibility index (Phi) is 6.48. The van der Waals surface area contributed by atoms with Crippen LogP contribution in [0.5, 0.6) is 0 Å². The van der Waals surface area contributed by atoms with Gasteiger partial charge in [0.25, 0.3) is 5.91 Å². The fourth-order valence-corrected chi connectivity index (χ4v) is 5.65. The highest BCUT2D eigenvalue weighted by Crippen LogP contribution is 2.23. The molecule has 3 aromatic carbocycles. The Morgan fingerprint density at radius 2 is 1.47 bits per heavy atom. The third-order valence-electron chi connectivity index (χ3n) is 6.13. The number of benzene rings is 3. The maximum absolute atomic E-state index is 13.2. The second-order valence-corrected chi connectivity index (χ2v) is 9.86. The number of anilines is 1. The van der Waals surface area contributed by atoms with E-state index in [0.717, 1.165) is 29.5 Å². The molecule has 1 fully saturated rings. The lowest BCUT2D eigenvalue weighted by Crippen LogP contribution is -2.50. The minimum Gasteiger partial charge on any atom is -0.372 e. The van der Waals surface area contributed by atoms with Gasteiger partial charge in [0.05, 0.1) is 4.90 Å². The van der Waals surface area contributed by atoms with Crippen LogP contribution >= 0.6 is 0 Å². The molecule has 0 N–H and O–H groups in total. The van der Waals surface area contributed by atoms with Gasteiger partial charge in [-0.1, -0.05) is 30.3 Å². The number of sulfonamides is 1. The van der Waals surface area contributed by atoms with Crippen molar-refractivity contribution in [1.29, 1.82) is 0 Å². The largest absolute Gasteiger partial charge is 0.372 e. The molecular formula is C25H29N3O3S. The minimum absolute atomic E-state index is 0.0566. The van der Waals surface area contributed by atoms with Gasteiger partial charge in [-0.3, -0.25) is 4.79 Å². The van der Waals surface area contributed by atoms with Crippen LogP contribution in [0.15, 0.2) is 71.6 Å². The van der Waals surface area contributed by atoms with E-state index in [2.05, 4.69) is 18.7 Å². The van der Waals surface area contributed by atoms with Crippen LogP contribution in [0, 0.1) is 0 Å². The van der Waals surface area contributed by atoms with E-state index in [4.69, 9.17) is 0 Å². The van der Waals surface area contributed by atoms with E-state index in [1.165, 1.54) is 4.31 Å². The third-order valence-corrected chi connectivity index (χ3v) is 8.02. The Hall–Kier alpha value is -2.90. The molecule has 1 saturated heterocycles. The molecule has 1 aliphatic heterocycles. The van der Waals surface area contributed by atoms with Crippen molar-refractivity contribution in [3.05, 3.63) is 72.3 Å². The van der Waals surface area contributed by atoms with Gasteiger partial charge in [-0.2, -0.15) is 4.31 Å². The molecule has 0 spiro atoms. The van der Waals surface area contributed by atoms with Crippen molar-refractivity contribution in [1.82, 2.24) is 9.21 Å². The molecule has 1 aliphatic rings. The van der Waals surface area contributed by atoms with E-state index in [0.29, 0.717) is 36.6 Å².